The Balaban J connectivity index is 1.83. The molecule has 2 bridgehead atoms. The van der Waals surface area contributed by atoms with Crippen LogP contribution in [0.2, 0.25) is 0 Å². The lowest BCUT2D eigenvalue weighted by Crippen LogP contribution is -2.52. The zero-order chi connectivity index (χ0) is 13.7. The Bertz CT molecular complexity index is 348. The van der Waals surface area contributed by atoms with Crippen molar-refractivity contribution in [2.45, 2.75) is 84.7 Å². The Morgan fingerprint density at radius 2 is 1.84 bits per heavy atom. The molecule has 3 aliphatic carbocycles. The van der Waals surface area contributed by atoms with Crippen LogP contribution < -0.4 is 0 Å². The maximum Gasteiger partial charge on any atom is 0.0688 e. The van der Waals surface area contributed by atoms with Crippen LogP contribution in [-0.4, -0.2) is 12.2 Å². The molecule has 110 valence electrons. The molecular formula is C18H32O. The first kappa shape index (κ1) is 13.9. The fourth-order valence-electron chi connectivity index (χ4n) is 5.76. The predicted octanol–water partition coefficient (Wildman–Crippen LogP) is 5.19. The van der Waals surface area contributed by atoms with E-state index in [4.69, 9.17) is 4.74 Å². The lowest BCUT2D eigenvalue weighted by atomic mass is 9.46. The van der Waals surface area contributed by atoms with Crippen LogP contribution >= 0.6 is 0 Å². The van der Waals surface area contributed by atoms with E-state index >= 15 is 0 Å². The second-order valence-corrected chi connectivity index (χ2v) is 8.66. The van der Waals surface area contributed by atoms with E-state index in [1.807, 2.05) is 0 Å². The summed E-state index contributed by atoms with van der Waals surface area (Å²) in [4.78, 5) is 0. The molecule has 3 saturated carbocycles. The van der Waals surface area contributed by atoms with Gasteiger partial charge in [-0.1, -0.05) is 34.1 Å². The molecule has 3 rings (SSSR count). The summed E-state index contributed by atoms with van der Waals surface area (Å²) >= 11 is 0. The molecule has 0 N–H and O–H groups in total. The molecule has 4 atom stereocenters. The topological polar surface area (TPSA) is 9.23 Å². The summed E-state index contributed by atoms with van der Waals surface area (Å²) in [6, 6.07) is 0. The molecule has 3 fully saturated rings. The third-order valence-electron chi connectivity index (χ3n) is 6.76. The number of hydrogen-bond donors (Lipinski definition) is 0. The van der Waals surface area contributed by atoms with Gasteiger partial charge in [0.2, 0.25) is 0 Å². The highest BCUT2D eigenvalue weighted by Gasteiger charge is 2.59. The fourth-order valence-corrected chi connectivity index (χ4v) is 5.76. The maximum absolute atomic E-state index is 6.43. The van der Waals surface area contributed by atoms with E-state index < -0.39 is 0 Å². The fraction of sp³-hybridized carbons (Fsp3) is 1.00. The lowest BCUT2D eigenvalue weighted by Gasteiger charge is -2.59. The minimum absolute atomic E-state index is 0.246. The Kier molecular flexibility index (Phi) is 3.28. The van der Waals surface area contributed by atoms with Gasteiger partial charge in [0, 0.05) is 6.61 Å². The van der Waals surface area contributed by atoms with E-state index in [1.165, 1.54) is 44.9 Å². The highest BCUT2D eigenvalue weighted by atomic mass is 16.5. The highest BCUT2D eigenvalue weighted by molar-refractivity contribution is 5.09. The first-order valence-corrected chi connectivity index (χ1v) is 8.55. The van der Waals surface area contributed by atoms with Crippen LogP contribution in [0, 0.1) is 22.7 Å². The summed E-state index contributed by atoms with van der Waals surface area (Å²) in [6.45, 7) is 10.8. The molecule has 0 saturated heterocycles. The lowest BCUT2D eigenvalue weighted by molar-refractivity contribution is -0.130. The van der Waals surface area contributed by atoms with Crippen molar-refractivity contribution >= 4 is 0 Å². The molecule has 0 spiro atoms. The highest BCUT2D eigenvalue weighted by Crippen LogP contribution is 2.66. The van der Waals surface area contributed by atoms with Gasteiger partial charge in [-0.15, -0.1) is 0 Å². The summed E-state index contributed by atoms with van der Waals surface area (Å²) in [5.74, 6) is 1.94. The first-order valence-electron chi connectivity index (χ1n) is 8.55. The van der Waals surface area contributed by atoms with E-state index in [1.54, 1.807) is 0 Å². The quantitative estimate of drug-likeness (QED) is 0.681. The Labute approximate surface area is 119 Å². The molecule has 3 aliphatic rings. The van der Waals surface area contributed by atoms with Crippen LogP contribution in [0.5, 0.6) is 0 Å². The zero-order valence-electron chi connectivity index (χ0n) is 13.4. The molecule has 0 heterocycles. The number of hydrogen-bond acceptors (Lipinski definition) is 1. The Morgan fingerprint density at radius 3 is 2.53 bits per heavy atom. The van der Waals surface area contributed by atoms with Crippen LogP contribution in [0.15, 0.2) is 0 Å². The van der Waals surface area contributed by atoms with Crippen LogP contribution in [0.3, 0.4) is 0 Å². The van der Waals surface area contributed by atoms with Crippen LogP contribution in [0.1, 0.15) is 79.1 Å². The Morgan fingerprint density at radius 1 is 1.05 bits per heavy atom. The molecule has 1 heteroatoms. The van der Waals surface area contributed by atoms with Crippen molar-refractivity contribution < 1.29 is 4.74 Å². The molecule has 0 aromatic heterocycles. The van der Waals surface area contributed by atoms with Gasteiger partial charge in [-0.3, -0.25) is 0 Å². The van der Waals surface area contributed by atoms with E-state index in [-0.39, 0.29) is 5.60 Å². The van der Waals surface area contributed by atoms with Gasteiger partial charge in [0.05, 0.1) is 5.60 Å². The summed E-state index contributed by atoms with van der Waals surface area (Å²) in [7, 11) is 0. The second kappa shape index (κ2) is 4.48. The number of ether oxygens (including phenoxy) is 1. The van der Waals surface area contributed by atoms with Crippen molar-refractivity contribution in [3.05, 3.63) is 0 Å². The smallest absolute Gasteiger partial charge is 0.0688 e. The molecule has 0 radical (unpaired) electrons. The molecular weight excluding hydrogens is 232 g/mol. The molecule has 4 unspecified atom stereocenters. The van der Waals surface area contributed by atoms with E-state index in [0.29, 0.717) is 10.8 Å². The van der Waals surface area contributed by atoms with Crippen molar-refractivity contribution in [3.8, 4) is 0 Å². The number of rotatable bonds is 3. The number of fused-ring (bicyclic) bond motifs is 4. The van der Waals surface area contributed by atoms with Crippen LogP contribution in [0.4, 0.5) is 0 Å². The van der Waals surface area contributed by atoms with Gasteiger partial charge in [-0.05, 0) is 67.6 Å². The average molecular weight is 264 g/mol. The molecule has 0 amide bonds. The van der Waals surface area contributed by atoms with Crippen LogP contribution in [-0.2, 0) is 4.74 Å². The molecule has 0 aromatic carbocycles. The van der Waals surface area contributed by atoms with Crippen molar-refractivity contribution in [1.82, 2.24) is 0 Å². The third kappa shape index (κ3) is 2.17. The molecule has 1 nitrogen and oxygen atoms in total. The monoisotopic (exact) mass is 264 g/mol. The minimum Gasteiger partial charge on any atom is -0.375 e. The van der Waals surface area contributed by atoms with Gasteiger partial charge in [0.15, 0.2) is 0 Å². The van der Waals surface area contributed by atoms with Gasteiger partial charge in [-0.25, -0.2) is 0 Å². The van der Waals surface area contributed by atoms with Gasteiger partial charge < -0.3 is 4.74 Å². The largest absolute Gasteiger partial charge is 0.375 e. The minimum atomic E-state index is 0.246. The average Bonchev–Trinajstić information content (AvgIpc) is 2.40. The summed E-state index contributed by atoms with van der Waals surface area (Å²) in [5.41, 5.74) is 1.41. The van der Waals surface area contributed by atoms with Gasteiger partial charge in [0.1, 0.15) is 0 Å². The third-order valence-corrected chi connectivity index (χ3v) is 6.76. The Hall–Kier alpha value is -0.0400. The van der Waals surface area contributed by atoms with Crippen LogP contribution in [0.25, 0.3) is 0 Å². The van der Waals surface area contributed by atoms with Gasteiger partial charge in [0.25, 0.3) is 0 Å². The van der Waals surface area contributed by atoms with E-state index in [0.717, 1.165) is 24.9 Å². The van der Waals surface area contributed by atoms with Gasteiger partial charge >= 0.3 is 0 Å². The van der Waals surface area contributed by atoms with E-state index in [9.17, 15) is 0 Å². The summed E-state index contributed by atoms with van der Waals surface area (Å²) in [6.07, 6.45) is 10.9. The zero-order valence-corrected chi connectivity index (χ0v) is 13.4. The normalized spacial score (nSPS) is 48.0. The summed E-state index contributed by atoms with van der Waals surface area (Å²) < 4.78 is 6.43. The first-order chi connectivity index (χ1) is 8.91. The standard InChI is InChI=1S/C18H32O/c1-5-11-19-18-9-6-8-17(4,13-18)15-12-16(2,3)14(15)7-10-18/h14-15H,5-13H2,1-4H3. The summed E-state index contributed by atoms with van der Waals surface area (Å²) in [5, 5.41) is 0. The van der Waals surface area contributed by atoms with E-state index in [2.05, 4.69) is 27.7 Å². The molecule has 0 aromatic rings. The van der Waals surface area contributed by atoms with Gasteiger partial charge in [-0.2, -0.15) is 0 Å². The predicted molar refractivity (Wildman–Crippen MR) is 80.2 cm³/mol. The van der Waals surface area contributed by atoms with Crippen molar-refractivity contribution in [3.63, 3.8) is 0 Å². The van der Waals surface area contributed by atoms with Crippen molar-refractivity contribution in [2.24, 2.45) is 22.7 Å². The second-order valence-electron chi connectivity index (χ2n) is 8.66. The van der Waals surface area contributed by atoms with Crippen molar-refractivity contribution in [2.75, 3.05) is 6.61 Å². The maximum atomic E-state index is 6.43. The molecule has 0 aliphatic heterocycles. The SMILES string of the molecule is CCCOC12CCCC(C)(C1)C1CC(C)(C)C1CC2. The van der Waals surface area contributed by atoms with Crippen molar-refractivity contribution in [1.29, 1.82) is 0 Å². The molecule has 19 heavy (non-hydrogen) atoms.